The number of fused-ring (bicyclic) bond motifs is 3. The first-order chi connectivity index (χ1) is 21.0. The normalized spacial score (nSPS) is 28.6. The lowest BCUT2D eigenvalue weighted by atomic mass is 9.43. The van der Waals surface area contributed by atoms with Crippen molar-refractivity contribution in [3.63, 3.8) is 0 Å². The Hall–Kier alpha value is -3.46. The molecule has 8 nitrogen and oxygen atoms in total. The van der Waals surface area contributed by atoms with Gasteiger partial charge in [0.2, 0.25) is 0 Å². The highest BCUT2D eigenvalue weighted by Crippen LogP contribution is 2.63. The first-order valence-corrected chi connectivity index (χ1v) is 16.1. The topological polar surface area (TPSA) is 89.0 Å². The van der Waals surface area contributed by atoms with Crippen LogP contribution >= 0.6 is 0 Å². The van der Waals surface area contributed by atoms with Gasteiger partial charge in [0.15, 0.2) is 5.96 Å². The summed E-state index contributed by atoms with van der Waals surface area (Å²) in [6.45, 7) is 15.2. The van der Waals surface area contributed by atoms with E-state index in [-0.39, 0.29) is 11.4 Å². The van der Waals surface area contributed by atoms with Crippen molar-refractivity contribution in [1.82, 2.24) is 19.4 Å². The molecule has 1 aromatic heterocycles. The fourth-order valence-electron chi connectivity index (χ4n) is 8.35. The maximum absolute atomic E-state index is 14.4. The number of piperazine rings is 1. The van der Waals surface area contributed by atoms with Crippen LogP contribution in [0.4, 0.5) is 10.1 Å². The van der Waals surface area contributed by atoms with E-state index in [1.165, 1.54) is 43.5 Å². The van der Waals surface area contributed by atoms with E-state index >= 15 is 0 Å². The second-order valence-electron chi connectivity index (χ2n) is 14.1. The molecule has 0 amide bonds. The lowest BCUT2D eigenvalue weighted by molar-refractivity contribution is -0.137. The van der Waals surface area contributed by atoms with Crippen molar-refractivity contribution in [3.05, 3.63) is 64.5 Å². The molecule has 4 aliphatic rings. The average Bonchev–Trinajstić information content (AvgIpc) is 2.99. The van der Waals surface area contributed by atoms with E-state index in [4.69, 9.17) is 15.5 Å². The zero-order valence-electron chi connectivity index (χ0n) is 27.0. The molecule has 0 radical (unpaired) electrons. The van der Waals surface area contributed by atoms with Crippen LogP contribution in [0.5, 0.6) is 5.75 Å². The Morgan fingerprint density at radius 1 is 1.11 bits per heavy atom. The highest BCUT2D eigenvalue weighted by molar-refractivity contribution is 5.85. The van der Waals surface area contributed by atoms with Crippen LogP contribution in [0, 0.1) is 34.9 Å². The van der Waals surface area contributed by atoms with Gasteiger partial charge in [-0.05, 0) is 92.0 Å². The predicted octanol–water partition coefficient (Wildman–Crippen LogP) is 5.45. The molecule has 6 atom stereocenters. The first-order valence-electron chi connectivity index (χ1n) is 16.1. The number of benzene rings is 2. The smallest absolute Gasteiger partial charge is 0.261 e. The van der Waals surface area contributed by atoms with E-state index in [1.54, 1.807) is 24.3 Å². The van der Waals surface area contributed by atoms with Gasteiger partial charge >= 0.3 is 0 Å². The summed E-state index contributed by atoms with van der Waals surface area (Å²) in [5, 5.41) is 0.494. The van der Waals surface area contributed by atoms with Crippen molar-refractivity contribution >= 4 is 22.5 Å². The molecule has 3 aromatic rings. The van der Waals surface area contributed by atoms with Crippen LogP contribution in [0.2, 0.25) is 0 Å². The molecule has 1 aliphatic heterocycles. The Morgan fingerprint density at radius 2 is 1.86 bits per heavy atom. The molecule has 3 saturated carbocycles. The molecule has 2 heterocycles. The minimum atomic E-state index is -0.351. The monoisotopic (exact) mass is 602 g/mol. The van der Waals surface area contributed by atoms with Crippen LogP contribution in [0.3, 0.4) is 0 Å². The molecule has 4 fully saturated rings. The van der Waals surface area contributed by atoms with Gasteiger partial charge in [-0.1, -0.05) is 26.8 Å². The van der Waals surface area contributed by atoms with E-state index in [2.05, 4.69) is 49.4 Å². The summed E-state index contributed by atoms with van der Waals surface area (Å²) in [5.41, 5.74) is 8.66. The number of aryl methyl sites for hydroxylation is 2. The van der Waals surface area contributed by atoms with Crippen LogP contribution < -0.4 is 16.0 Å². The third-order valence-corrected chi connectivity index (χ3v) is 11.3. The summed E-state index contributed by atoms with van der Waals surface area (Å²) in [5.74, 6) is 3.90. The van der Waals surface area contributed by atoms with E-state index in [0.29, 0.717) is 64.3 Å². The zero-order chi connectivity index (χ0) is 31.3. The number of aliphatic imine (C=N–C) groups is 1. The van der Waals surface area contributed by atoms with Gasteiger partial charge in [-0.15, -0.1) is 0 Å². The van der Waals surface area contributed by atoms with Gasteiger partial charge in [0.05, 0.1) is 30.0 Å². The highest BCUT2D eigenvalue weighted by atomic mass is 19.1. The standard InChI is InChI=1S/C35H47FN6O2/c1-21-17-41(18-22(2)42(21)19-25-13-26-14-30(23(25)3)35(26,4)5)34(37)39-27-8-10-29-32(15-27)38-20-40(33(29)43)12-11-24-7-9-28(44-6)16-31(24)36/h7-10,15-16,20-23,25-26,30H,11-14,17-19H2,1-6H3,(H2,37,39). The van der Waals surface area contributed by atoms with Gasteiger partial charge in [0.1, 0.15) is 11.6 Å². The lowest BCUT2D eigenvalue weighted by Crippen LogP contribution is -2.62. The van der Waals surface area contributed by atoms with Gasteiger partial charge in [-0.2, -0.15) is 0 Å². The molecule has 44 heavy (non-hydrogen) atoms. The SMILES string of the molecule is COc1ccc(CCn2cnc3cc(N=C(N)N4CC(C)N(CC5CC6CC(C5C)C6(C)C)C(C)C4)ccc3c2=O)c(F)c1. The van der Waals surface area contributed by atoms with Crippen molar-refractivity contribution < 1.29 is 9.13 Å². The zero-order valence-corrected chi connectivity index (χ0v) is 27.0. The highest BCUT2D eigenvalue weighted by Gasteiger charge is 2.56. The summed E-state index contributed by atoms with van der Waals surface area (Å²) >= 11 is 0. The van der Waals surface area contributed by atoms with Gasteiger partial charge in [-0.3, -0.25) is 14.3 Å². The van der Waals surface area contributed by atoms with Crippen LogP contribution in [0.1, 0.15) is 53.0 Å². The summed E-state index contributed by atoms with van der Waals surface area (Å²) < 4.78 is 21.0. The Bertz CT molecular complexity index is 1610. The minimum absolute atomic E-state index is 0.167. The molecule has 236 valence electrons. The van der Waals surface area contributed by atoms with Crippen LogP contribution in [0.15, 0.2) is 52.5 Å². The summed E-state index contributed by atoms with van der Waals surface area (Å²) in [6.07, 6.45) is 4.66. The number of nitrogens with zero attached hydrogens (tertiary/aromatic N) is 5. The molecule has 9 heteroatoms. The minimum Gasteiger partial charge on any atom is -0.497 e. The number of hydrogen-bond acceptors (Lipinski definition) is 5. The number of halogens is 1. The number of nitrogens with two attached hydrogens (primary N) is 1. The first kappa shape index (κ1) is 30.6. The number of methoxy groups -OCH3 is 1. The molecular formula is C35H47FN6O2. The molecule has 2 aromatic carbocycles. The molecule has 6 unspecified atom stereocenters. The van der Waals surface area contributed by atoms with E-state index in [9.17, 15) is 9.18 Å². The van der Waals surface area contributed by atoms with Gasteiger partial charge in [0.25, 0.3) is 5.56 Å². The fourth-order valence-corrected chi connectivity index (χ4v) is 8.35. The number of hydrogen-bond donors (Lipinski definition) is 1. The number of ether oxygens (including phenoxy) is 1. The lowest BCUT2D eigenvalue weighted by Gasteiger charge is -2.63. The number of guanidine groups is 1. The Balaban J connectivity index is 1.10. The quantitative estimate of drug-likeness (QED) is 0.286. The largest absolute Gasteiger partial charge is 0.497 e. The Labute approximate surface area is 260 Å². The maximum atomic E-state index is 14.4. The van der Waals surface area contributed by atoms with Gasteiger partial charge < -0.3 is 15.4 Å². The molecular weight excluding hydrogens is 555 g/mol. The van der Waals surface area contributed by atoms with E-state index in [0.717, 1.165) is 36.8 Å². The fraction of sp³-hybridized carbons (Fsp3) is 0.571. The van der Waals surface area contributed by atoms with Crippen molar-refractivity contribution in [1.29, 1.82) is 0 Å². The van der Waals surface area contributed by atoms with Crippen molar-refractivity contribution in [2.75, 3.05) is 26.7 Å². The van der Waals surface area contributed by atoms with Gasteiger partial charge in [-0.25, -0.2) is 14.4 Å². The van der Waals surface area contributed by atoms with Gasteiger partial charge in [0, 0.05) is 44.3 Å². The molecule has 2 bridgehead atoms. The second-order valence-corrected chi connectivity index (χ2v) is 14.1. The summed E-state index contributed by atoms with van der Waals surface area (Å²) in [4.78, 5) is 27.3. The summed E-state index contributed by atoms with van der Waals surface area (Å²) in [7, 11) is 1.50. The second kappa shape index (κ2) is 11.8. The molecule has 3 aliphatic carbocycles. The Kier molecular flexibility index (Phi) is 8.20. The molecule has 0 spiro atoms. The molecule has 1 saturated heterocycles. The third-order valence-electron chi connectivity index (χ3n) is 11.3. The summed E-state index contributed by atoms with van der Waals surface area (Å²) in [6, 6.07) is 10.9. The van der Waals surface area contributed by atoms with Crippen LogP contribution in [-0.4, -0.2) is 64.1 Å². The van der Waals surface area contributed by atoms with Crippen molar-refractivity contribution in [3.8, 4) is 5.75 Å². The van der Waals surface area contributed by atoms with Crippen molar-refractivity contribution in [2.24, 2.45) is 39.8 Å². The van der Waals surface area contributed by atoms with Crippen molar-refractivity contribution in [2.45, 2.75) is 72.5 Å². The molecule has 2 N–H and O–H groups in total. The van der Waals surface area contributed by atoms with Crippen LogP contribution in [-0.2, 0) is 13.0 Å². The average molecular weight is 603 g/mol. The number of aromatic nitrogens is 2. The van der Waals surface area contributed by atoms with Crippen LogP contribution in [0.25, 0.3) is 10.9 Å². The Morgan fingerprint density at radius 3 is 2.52 bits per heavy atom. The molecule has 7 rings (SSSR count). The van der Waals surface area contributed by atoms with E-state index < -0.39 is 0 Å². The van der Waals surface area contributed by atoms with E-state index in [1.807, 2.05) is 6.07 Å². The third kappa shape index (κ3) is 5.59. The maximum Gasteiger partial charge on any atom is 0.261 e. The number of rotatable bonds is 7. The predicted molar refractivity (Wildman–Crippen MR) is 174 cm³/mol.